The lowest BCUT2D eigenvalue weighted by molar-refractivity contribution is 0.0955. The maximum atomic E-state index is 11.9. The molecular weight excluding hydrogens is 252 g/mol. The summed E-state index contributed by atoms with van der Waals surface area (Å²) in [5.41, 5.74) is 17.1. The molecule has 20 heavy (non-hydrogen) atoms. The standard InChI is InChI=1S/C15H16N4O/c1-10(12-3-2-4-14(17)9-12)18-19-15(20)11-5-7-13(16)8-6-11/h2-9H,16-17H2,1H3,(H,19,20)/b18-10+. The van der Waals surface area contributed by atoms with Gasteiger partial charge >= 0.3 is 0 Å². The molecule has 102 valence electrons. The minimum Gasteiger partial charge on any atom is -0.399 e. The van der Waals surface area contributed by atoms with E-state index < -0.39 is 0 Å². The fourth-order valence-corrected chi connectivity index (χ4v) is 1.66. The van der Waals surface area contributed by atoms with E-state index in [1.54, 1.807) is 43.3 Å². The van der Waals surface area contributed by atoms with Gasteiger partial charge < -0.3 is 11.5 Å². The summed E-state index contributed by atoms with van der Waals surface area (Å²) in [6.45, 7) is 1.80. The van der Waals surface area contributed by atoms with Crippen molar-refractivity contribution in [1.82, 2.24) is 5.43 Å². The van der Waals surface area contributed by atoms with Crippen LogP contribution in [-0.2, 0) is 0 Å². The SMILES string of the molecule is C/C(=N\NC(=O)c1ccc(N)cc1)c1cccc(N)c1. The van der Waals surface area contributed by atoms with Gasteiger partial charge in [-0.15, -0.1) is 0 Å². The Morgan fingerprint density at radius 2 is 1.70 bits per heavy atom. The summed E-state index contributed by atoms with van der Waals surface area (Å²) in [6.07, 6.45) is 0. The van der Waals surface area contributed by atoms with Crippen LogP contribution in [0.1, 0.15) is 22.8 Å². The zero-order chi connectivity index (χ0) is 14.5. The van der Waals surface area contributed by atoms with Crippen LogP contribution in [0.15, 0.2) is 53.6 Å². The van der Waals surface area contributed by atoms with Gasteiger partial charge in [-0.3, -0.25) is 4.79 Å². The first kappa shape index (κ1) is 13.6. The van der Waals surface area contributed by atoms with Crippen molar-refractivity contribution in [2.45, 2.75) is 6.92 Å². The molecule has 0 saturated heterocycles. The fraction of sp³-hybridized carbons (Fsp3) is 0.0667. The van der Waals surface area contributed by atoms with Crippen molar-refractivity contribution in [1.29, 1.82) is 0 Å². The van der Waals surface area contributed by atoms with Crippen LogP contribution >= 0.6 is 0 Å². The molecule has 0 heterocycles. The average molecular weight is 268 g/mol. The number of nitrogens with zero attached hydrogens (tertiary/aromatic N) is 1. The summed E-state index contributed by atoms with van der Waals surface area (Å²) in [5, 5.41) is 4.06. The van der Waals surface area contributed by atoms with Gasteiger partial charge in [0.05, 0.1) is 5.71 Å². The number of rotatable bonds is 3. The fourth-order valence-electron chi connectivity index (χ4n) is 1.66. The van der Waals surface area contributed by atoms with Crippen LogP contribution in [-0.4, -0.2) is 11.6 Å². The second kappa shape index (κ2) is 5.88. The highest BCUT2D eigenvalue weighted by Gasteiger charge is 2.04. The Morgan fingerprint density at radius 3 is 2.35 bits per heavy atom. The Bertz CT molecular complexity index is 647. The predicted molar refractivity (Wildman–Crippen MR) is 81.4 cm³/mol. The monoisotopic (exact) mass is 268 g/mol. The molecule has 1 amide bonds. The number of carbonyl (C=O) groups is 1. The lowest BCUT2D eigenvalue weighted by Gasteiger charge is -2.04. The molecule has 5 nitrogen and oxygen atoms in total. The quantitative estimate of drug-likeness (QED) is 0.451. The first-order valence-corrected chi connectivity index (χ1v) is 6.12. The van der Waals surface area contributed by atoms with Crippen LogP contribution in [0.25, 0.3) is 0 Å². The topological polar surface area (TPSA) is 93.5 Å². The maximum Gasteiger partial charge on any atom is 0.271 e. The lowest BCUT2D eigenvalue weighted by atomic mass is 10.1. The lowest BCUT2D eigenvalue weighted by Crippen LogP contribution is -2.19. The van der Waals surface area contributed by atoms with E-state index in [2.05, 4.69) is 10.5 Å². The van der Waals surface area contributed by atoms with Crippen molar-refractivity contribution in [3.05, 3.63) is 59.7 Å². The van der Waals surface area contributed by atoms with E-state index in [1.165, 1.54) is 0 Å². The second-order valence-corrected chi connectivity index (χ2v) is 4.39. The van der Waals surface area contributed by atoms with Gasteiger partial charge in [0.25, 0.3) is 5.91 Å². The molecule has 2 rings (SSSR count). The molecule has 0 fully saturated rings. The Morgan fingerprint density at radius 1 is 1.00 bits per heavy atom. The maximum absolute atomic E-state index is 11.9. The number of nitrogens with one attached hydrogen (secondary N) is 1. The van der Waals surface area contributed by atoms with Gasteiger partial charge in [-0.05, 0) is 48.9 Å². The molecule has 2 aromatic carbocycles. The van der Waals surface area contributed by atoms with E-state index in [1.807, 2.05) is 12.1 Å². The third-order valence-electron chi connectivity index (χ3n) is 2.80. The van der Waals surface area contributed by atoms with E-state index in [4.69, 9.17) is 11.5 Å². The van der Waals surface area contributed by atoms with Gasteiger partial charge in [-0.2, -0.15) is 5.10 Å². The molecule has 0 aliphatic rings. The van der Waals surface area contributed by atoms with Gasteiger partial charge in [-0.25, -0.2) is 5.43 Å². The molecule has 0 saturated carbocycles. The highest BCUT2D eigenvalue weighted by atomic mass is 16.2. The molecule has 0 unspecified atom stereocenters. The Kier molecular flexibility index (Phi) is 4.00. The smallest absolute Gasteiger partial charge is 0.271 e. The van der Waals surface area contributed by atoms with Crippen molar-refractivity contribution >= 4 is 23.0 Å². The van der Waals surface area contributed by atoms with E-state index in [0.29, 0.717) is 22.6 Å². The van der Waals surface area contributed by atoms with E-state index in [9.17, 15) is 4.79 Å². The number of nitrogen functional groups attached to an aromatic ring is 2. The van der Waals surface area contributed by atoms with E-state index >= 15 is 0 Å². The summed E-state index contributed by atoms with van der Waals surface area (Å²) in [6, 6.07) is 14.0. The number of hydrogen-bond acceptors (Lipinski definition) is 4. The minimum atomic E-state index is -0.284. The number of hydrazone groups is 1. The number of anilines is 2. The van der Waals surface area contributed by atoms with Gasteiger partial charge in [0, 0.05) is 16.9 Å². The van der Waals surface area contributed by atoms with Gasteiger partial charge in [0.2, 0.25) is 0 Å². The summed E-state index contributed by atoms with van der Waals surface area (Å²) in [4.78, 5) is 11.9. The van der Waals surface area contributed by atoms with Crippen LogP contribution in [0.2, 0.25) is 0 Å². The Balaban J connectivity index is 2.08. The van der Waals surface area contributed by atoms with Crippen LogP contribution < -0.4 is 16.9 Å². The highest BCUT2D eigenvalue weighted by Crippen LogP contribution is 2.08. The number of benzene rings is 2. The van der Waals surface area contributed by atoms with Crippen LogP contribution in [0.3, 0.4) is 0 Å². The van der Waals surface area contributed by atoms with E-state index in [-0.39, 0.29) is 5.91 Å². The summed E-state index contributed by atoms with van der Waals surface area (Å²) < 4.78 is 0. The number of carbonyl (C=O) groups excluding carboxylic acids is 1. The first-order chi connectivity index (χ1) is 9.56. The largest absolute Gasteiger partial charge is 0.399 e. The summed E-state index contributed by atoms with van der Waals surface area (Å²) >= 11 is 0. The Labute approximate surface area is 117 Å². The second-order valence-electron chi connectivity index (χ2n) is 4.39. The molecule has 0 aromatic heterocycles. The van der Waals surface area contributed by atoms with Gasteiger partial charge in [-0.1, -0.05) is 12.1 Å². The molecule has 0 aliphatic heterocycles. The third-order valence-corrected chi connectivity index (χ3v) is 2.80. The highest BCUT2D eigenvalue weighted by molar-refractivity contribution is 6.01. The molecule has 0 bridgehead atoms. The van der Waals surface area contributed by atoms with Crippen LogP contribution in [0, 0.1) is 0 Å². The Hall–Kier alpha value is -2.82. The van der Waals surface area contributed by atoms with Crippen molar-refractivity contribution in [3.8, 4) is 0 Å². The molecule has 0 aliphatic carbocycles. The van der Waals surface area contributed by atoms with Crippen molar-refractivity contribution < 1.29 is 4.79 Å². The molecule has 2 aromatic rings. The van der Waals surface area contributed by atoms with Crippen molar-refractivity contribution in [3.63, 3.8) is 0 Å². The van der Waals surface area contributed by atoms with Crippen molar-refractivity contribution in [2.24, 2.45) is 5.10 Å². The average Bonchev–Trinajstić information content (AvgIpc) is 2.45. The van der Waals surface area contributed by atoms with E-state index in [0.717, 1.165) is 5.56 Å². The van der Waals surface area contributed by atoms with Crippen LogP contribution in [0.4, 0.5) is 11.4 Å². The molecule has 0 radical (unpaired) electrons. The number of nitrogens with two attached hydrogens (primary N) is 2. The number of amides is 1. The third kappa shape index (κ3) is 3.35. The predicted octanol–water partition coefficient (Wildman–Crippen LogP) is 2.00. The molecular formula is C15H16N4O. The molecule has 0 atom stereocenters. The number of hydrogen-bond donors (Lipinski definition) is 3. The first-order valence-electron chi connectivity index (χ1n) is 6.12. The minimum absolute atomic E-state index is 0.284. The molecule has 5 N–H and O–H groups in total. The molecule has 5 heteroatoms. The van der Waals surface area contributed by atoms with Crippen LogP contribution in [0.5, 0.6) is 0 Å². The molecule has 0 spiro atoms. The normalized spacial score (nSPS) is 11.2. The zero-order valence-corrected chi connectivity index (χ0v) is 11.1. The zero-order valence-electron chi connectivity index (χ0n) is 11.1. The van der Waals surface area contributed by atoms with Gasteiger partial charge in [0.1, 0.15) is 0 Å². The van der Waals surface area contributed by atoms with Gasteiger partial charge in [0.15, 0.2) is 0 Å². The van der Waals surface area contributed by atoms with Crippen molar-refractivity contribution in [2.75, 3.05) is 11.5 Å². The summed E-state index contributed by atoms with van der Waals surface area (Å²) in [5.74, 6) is -0.284. The summed E-state index contributed by atoms with van der Waals surface area (Å²) in [7, 11) is 0.